The molecule has 0 aliphatic heterocycles. The zero-order valence-electron chi connectivity index (χ0n) is 12.1. The summed E-state index contributed by atoms with van der Waals surface area (Å²) < 4.78 is 12.8. The summed E-state index contributed by atoms with van der Waals surface area (Å²) in [5, 5.41) is 10.7. The summed E-state index contributed by atoms with van der Waals surface area (Å²) in [5.74, 6) is -1.76. The maximum atomic E-state index is 12.8. The van der Waals surface area contributed by atoms with Crippen molar-refractivity contribution in [2.24, 2.45) is 0 Å². The molecule has 0 aromatic heterocycles. The van der Waals surface area contributed by atoms with Crippen LogP contribution in [0.1, 0.15) is 15.9 Å². The zero-order valence-corrected chi connectivity index (χ0v) is 12.8. The molecule has 0 bridgehead atoms. The molecule has 0 atom stereocenters. The van der Waals surface area contributed by atoms with E-state index in [1.807, 2.05) is 0 Å². The van der Waals surface area contributed by atoms with E-state index in [1.54, 1.807) is 0 Å². The maximum absolute atomic E-state index is 12.8. The molecule has 2 amide bonds. The summed E-state index contributed by atoms with van der Waals surface area (Å²) in [6, 6.07) is 8.68. The van der Waals surface area contributed by atoms with E-state index in [0.29, 0.717) is 5.56 Å². The minimum absolute atomic E-state index is 0.00545. The first-order valence-electron chi connectivity index (χ1n) is 6.64. The van der Waals surface area contributed by atoms with Crippen molar-refractivity contribution in [3.8, 4) is 0 Å². The number of nitrogens with zero attached hydrogens (tertiary/aromatic N) is 1. The number of amides is 2. The highest BCUT2D eigenvalue weighted by molar-refractivity contribution is 6.34. The van der Waals surface area contributed by atoms with Crippen molar-refractivity contribution < 1.29 is 18.9 Å². The molecule has 0 saturated carbocycles. The molecule has 124 valence electrons. The van der Waals surface area contributed by atoms with Crippen molar-refractivity contribution in [2.45, 2.75) is 6.42 Å². The Balaban J connectivity index is 1.97. The summed E-state index contributed by atoms with van der Waals surface area (Å²) in [4.78, 5) is 33.7. The van der Waals surface area contributed by atoms with Gasteiger partial charge >= 0.3 is 0 Å². The number of nitro benzene ring substituents is 1. The van der Waals surface area contributed by atoms with Crippen molar-refractivity contribution in [2.75, 3.05) is 0 Å². The molecule has 0 aliphatic carbocycles. The van der Waals surface area contributed by atoms with Crippen molar-refractivity contribution in [1.82, 2.24) is 10.9 Å². The van der Waals surface area contributed by atoms with Gasteiger partial charge in [-0.25, -0.2) is 4.39 Å². The third kappa shape index (κ3) is 4.50. The van der Waals surface area contributed by atoms with Gasteiger partial charge in [0.1, 0.15) is 5.82 Å². The predicted molar refractivity (Wildman–Crippen MR) is 83.8 cm³/mol. The molecule has 2 N–H and O–H groups in total. The number of hydrogen-bond acceptors (Lipinski definition) is 4. The Morgan fingerprint density at radius 3 is 2.42 bits per heavy atom. The third-order valence-electron chi connectivity index (χ3n) is 3.00. The fourth-order valence-corrected chi connectivity index (χ4v) is 2.03. The lowest BCUT2D eigenvalue weighted by molar-refractivity contribution is -0.384. The van der Waals surface area contributed by atoms with Crippen LogP contribution in [0.5, 0.6) is 0 Å². The van der Waals surface area contributed by atoms with E-state index in [0.717, 1.165) is 12.1 Å². The quantitative estimate of drug-likeness (QED) is 0.652. The fourth-order valence-electron chi connectivity index (χ4n) is 1.83. The number of halogens is 2. The Hall–Kier alpha value is -3.00. The van der Waals surface area contributed by atoms with Gasteiger partial charge in [-0.3, -0.25) is 30.6 Å². The van der Waals surface area contributed by atoms with E-state index in [4.69, 9.17) is 11.6 Å². The van der Waals surface area contributed by atoms with E-state index in [-0.39, 0.29) is 22.7 Å². The van der Waals surface area contributed by atoms with Crippen LogP contribution in [0, 0.1) is 15.9 Å². The van der Waals surface area contributed by atoms with Crippen LogP contribution >= 0.6 is 11.6 Å². The number of benzene rings is 2. The highest BCUT2D eigenvalue weighted by Gasteiger charge is 2.16. The number of hydrazine groups is 1. The van der Waals surface area contributed by atoms with Gasteiger partial charge in [0, 0.05) is 12.1 Å². The molecule has 24 heavy (non-hydrogen) atoms. The van der Waals surface area contributed by atoms with Gasteiger partial charge in [-0.05, 0) is 23.8 Å². The summed E-state index contributed by atoms with van der Waals surface area (Å²) in [6.45, 7) is 0. The van der Waals surface area contributed by atoms with Gasteiger partial charge in [0.05, 0.1) is 21.9 Å². The molecule has 0 spiro atoms. The molecule has 0 heterocycles. The van der Waals surface area contributed by atoms with Crippen LogP contribution in [-0.4, -0.2) is 16.7 Å². The van der Waals surface area contributed by atoms with Crippen molar-refractivity contribution >= 4 is 29.1 Å². The second-order valence-corrected chi connectivity index (χ2v) is 5.13. The molecule has 0 unspecified atom stereocenters. The van der Waals surface area contributed by atoms with Gasteiger partial charge in [0.2, 0.25) is 5.91 Å². The number of carbonyl (C=O) groups is 2. The van der Waals surface area contributed by atoms with Gasteiger partial charge in [0.25, 0.3) is 11.6 Å². The number of rotatable bonds is 4. The van der Waals surface area contributed by atoms with Gasteiger partial charge in [0.15, 0.2) is 0 Å². The molecule has 2 aromatic carbocycles. The first kappa shape index (κ1) is 17.4. The summed E-state index contributed by atoms with van der Waals surface area (Å²) in [6.07, 6.45) is -0.0801. The average Bonchev–Trinajstić information content (AvgIpc) is 2.55. The van der Waals surface area contributed by atoms with Crippen LogP contribution in [0.25, 0.3) is 0 Å². The minimum Gasteiger partial charge on any atom is -0.273 e. The van der Waals surface area contributed by atoms with Gasteiger partial charge in [-0.2, -0.15) is 0 Å². The van der Waals surface area contributed by atoms with E-state index in [1.165, 1.54) is 30.3 Å². The minimum atomic E-state index is -0.795. The topological polar surface area (TPSA) is 101 Å². The summed E-state index contributed by atoms with van der Waals surface area (Å²) in [7, 11) is 0. The Bertz CT molecular complexity index is 796. The third-order valence-corrected chi connectivity index (χ3v) is 3.33. The van der Waals surface area contributed by atoms with E-state index in [9.17, 15) is 24.1 Å². The fraction of sp³-hybridized carbons (Fsp3) is 0.0667. The zero-order chi connectivity index (χ0) is 17.7. The second kappa shape index (κ2) is 7.51. The number of carbonyl (C=O) groups excluding carboxylic acids is 2. The number of hydrogen-bond donors (Lipinski definition) is 2. The largest absolute Gasteiger partial charge is 0.273 e. The normalized spacial score (nSPS) is 10.1. The Kier molecular flexibility index (Phi) is 5.43. The smallest absolute Gasteiger partial charge is 0.271 e. The monoisotopic (exact) mass is 351 g/mol. The van der Waals surface area contributed by atoms with Gasteiger partial charge in [-0.1, -0.05) is 23.7 Å². The Labute approximate surface area is 140 Å². The van der Waals surface area contributed by atoms with Crippen LogP contribution in [0.15, 0.2) is 42.5 Å². The first-order chi connectivity index (χ1) is 11.4. The molecule has 2 aromatic rings. The van der Waals surface area contributed by atoms with Crippen LogP contribution in [0.3, 0.4) is 0 Å². The van der Waals surface area contributed by atoms with Crippen LogP contribution < -0.4 is 10.9 Å². The second-order valence-electron chi connectivity index (χ2n) is 4.73. The Morgan fingerprint density at radius 2 is 1.79 bits per heavy atom. The highest BCUT2D eigenvalue weighted by atomic mass is 35.5. The van der Waals surface area contributed by atoms with Gasteiger partial charge < -0.3 is 0 Å². The number of nitro groups is 1. The maximum Gasteiger partial charge on any atom is 0.271 e. The van der Waals surface area contributed by atoms with Crippen molar-refractivity contribution in [1.29, 1.82) is 0 Å². The first-order valence-corrected chi connectivity index (χ1v) is 7.02. The molecule has 0 radical (unpaired) electrons. The van der Waals surface area contributed by atoms with Crippen LogP contribution in [-0.2, 0) is 11.2 Å². The molecule has 7 nitrogen and oxygen atoms in total. The highest BCUT2D eigenvalue weighted by Crippen LogP contribution is 2.21. The Morgan fingerprint density at radius 1 is 1.12 bits per heavy atom. The molecular formula is C15H11ClFN3O4. The lowest BCUT2D eigenvalue weighted by atomic mass is 10.1. The van der Waals surface area contributed by atoms with Crippen LogP contribution in [0.2, 0.25) is 5.02 Å². The molecule has 0 saturated heterocycles. The van der Waals surface area contributed by atoms with Crippen LogP contribution in [0.4, 0.5) is 10.1 Å². The summed E-state index contributed by atoms with van der Waals surface area (Å²) >= 11 is 5.82. The number of non-ortho nitro benzene ring substituents is 1. The summed E-state index contributed by atoms with van der Waals surface area (Å²) in [5.41, 5.74) is 4.38. The SMILES string of the molecule is O=C(Cc1ccc(F)cc1)NNC(=O)c1cc([N+](=O)[O-])ccc1Cl. The van der Waals surface area contributed by atoms with E-state index in [2.05, 4.69) is 10.9 Å². The van der Waals surface area contributed by atoms with Crippen molar-refractivity contribution in [3.63, 3.8) is 0 Å². The van der Waals surface area contributed by atoms with Crippen molar-refractivity contribution in [3.05, 3.63) is 74.5 Å². The van der Waals surface area contributed by atoms with Gasteiger partial charge in [-0.15, -0.1) is 0 Å². The predicted octanol–water partition coefficient (Wildman–Crippen LogP) is 2.39. The van der Waals surface area contributed by atoms with E-state index >= 15 is 0 Å². The molecular weight excluding hydrogens is 341 g/mol. The molecule has 0 aliphatic rings. The molecule has 2 rings (SSSR count). The molecule has 9 heteroatoms. The lowest BCUT2D eigenvalue weighted by Crippen LogP contribution is -2.42. The standard InChI is InChI=1S/C15H11ClFN3O4/c16-13-6-5-11(20(23)24)8-12(13)15(22)19-18-14(21)7-9-1-3-10(17)4-2-9/h1-6,8H,7H2,(H,18,21)(H,19,22). The van der Waals surface area contributed by atoms with E-state index < -0.39 is 22.6 Å². The molecule has 0 fully saturated rings. The lowest BCUT2D eigenvalue weighted by Gasteiger charge is -2.08. The number of nitrogens with one attached hydrogen (secondary N) is 2. The average molecular weight is 352 g/mol.